The molecule has 1 spiro atoms. The third kappa shape index (κ3) is 2.06. The predicted molar refractivity (Wildman–Crippen MR) is 107 cm³/mol. The number of nitrogens with two attached hydrogens (primary N) is 1. The molecule has 0 saturated carbocycles. The molecule has 3 heterocycles. The van der Waals surface area contributed by atoms with Gasteiger partial charge in [0.2, 0.25) is 17.7 Å². The molecule has 3 N–H and O–H groups in total. The molecule has 0 saturated heterocycles. The van der Waals surface area contributed by atoms with Gasteiger partial charge >= 0.3 is 0 Å². The number of nitrogens with zero attached hydrogens (tertiary/aromatic N) is 3. The number of anilines is 1. The van der Waals surface area contributed by atoms with Crippen molar-refractivity contribution >= 4 is 11.6 Å². The average molecular weight is 401 g/mol. The highest BCUT2D eigenvalue weighted by Crippen LogP contribution is 2.56. The number of likely N-dealkylation sites (N-methyl/N-ethyl adjacent to an activating group) is 1. The van der Waals surface area contributed by atoms with E-state index in [2.05, 4.69) is 16.3 Å². The van der Waals surface area contributed by atoms with Crippen molar-refractivity contribution < 1.29 is 13.9 Å². The van der Waals surface area contributed by atoms with Crippen LogP contribution in [0.15, 0.2) is 60.0 Å². The number of fused-ring (bicyclic) bond motifs is 4. The Morgan fingerprint density at radius 2 is 2.00 bits per heavy atom. The quantitative estimate of drug-likeness (QED) is 0.686. The smallest absolute Gasteiger partial charge is 0.247 e. The molecule has 2 aliphatic heterocycles. The minimum absolute atomic E-state index is 0.00756. The summed E-state index contributed by atoms with van der Waals surface area (Å²) in [4.78, 5) is 15.5. The second kappa shape index (κ2) is 6.19. The first-order chi connectivity index (χ1) is 14.5. The van der Waals surface area contributed by atoms with Crippen molar-refractivity contribution in [2.24, 2.45) is 5.73 Å². The second-order valence-corrected chi connectivity index (χ2v) is 7.06. The van der Waals surface area contributed by atoms with E-state index in [4.69, 9.17) is 10.5 Å². The van der Waals surface area contributed by atoms with Gasteiger partial charge in [-0.3, -0.25) is 9.89 Å². The Morgan fingerprint density at radius 1 is 1.27 bits per heavy atom. The van der Waals surface area contributed by atoms with Gasteiger partial charge in [0.15, 0.2) is 0 Å². The van der Waals surface area contributed by atoms with Gasteiger partial charge in [-0.25, -0.2) is 4.39 Å². The summed E-state index contributed by atoms with van der Waals surface area (Å²) in [5, 5.41) is 17.1. The lowest BCUT2D eigenvalue weighted by molar-refractivity contribution is -0.120. The second-order valence-electron chi connectivity index (χ2n) is 7.06. The molecule has 2 aromatic carbocycles. The Morgan fingerprint density at radius 3 is 2.70 bits per heavy atom. The molecular weight excluding hydrogens is 385 g/mol. The molecule has 1 amide bonds. The minimum atomic E-state index is -1.50. The van der Waals surface area contributed by atoms with E-state index in [0.29, 0.717) is 34.6 Å². The third-order valence-electron chi connectivity index (χ3n) is 5.66. The number of carbonyl (C=O) groups is 1. The third-order valence-corrected chi connectivity index (χ3v) is 5.66. The van der Waals surface area contributed by atoms with Gasteiger partial charge in [-0.2, -0.15) is 5.26 Å². The van der Waals surface area contributed by atoms with Crippen LogP contribution in [0, 0.1) is 17.1 Å². The van der Waals surface area contributed by atoms with Crippen molar-refractivity contribution in [1.82, 2.24) is 10.2 Å². The highest BCUT2D eigenvalue weighted by Gasteiger charge is 2.60. The van der Waals surface area contributed by atoms with Gasteiger partial charge in [0.25, 0.3) is 0 Å². The number of carbonyl (C=O) groups excluding carboxylic acids is 1. The van der Waals surface area contributed by atoms with Gasteiger partial charge < -0.3 is 15.4 Å². The molecule has 1 aromatic heterocycles. The van der Waals surface area contributed by atoms with Crippen LogP contribution in [0.3, 0.4) is 0 Å². The number of aromatic nitrogens is 2. The lowest BCUT2D eigenvalue weighted by atomic mass is 9.68. The summed E-state index contributed by atoms with van der Waals surface area (Å²) in [6.07, 6.45) is 0. The number of hydrogen-bond donors (Lipinski definition) is 2. The topological polar surface area (TPSA) is 108 Å². The van der Waals surface area contributed by atoms with Gasteiger partial charge in [-0.1, -0.05) is 18.2 Å². The first kappa shape index (κ1) is 17.9. The van der Waals surface area contributed by atoms with Crippen molar-refractivity contribution in [2.75, 3.05) is 11.4 Å². The van der Waals surface area contributed by atoms with E-state index in [9.17, 15) is 14.4 Å². The zero-order valence-corrected chi connectivity index (χ0v) is 15.9. The number of nitrogens with one attached hydrogen (secondary N) is 1. The van der Waals surface area contributed by atoms with Crippen LogP contribution in [0.2, 0.25) is 0 Å². The Kier molecular flexibility index (Phi) is 3.70. The van der Waals surface area contributed by atoms with Crippen LogP contribution in [0.1, 0.15) is 18.1 Å². The highest BCUT2D eigenvalue weighted by molar-refractivity contribution is 6.15. The monoisotopic (exact) mass is 401 g/mol. The number of ether oxygens (including phenoxy) is 1. The standard InChI is InChI=1S/C22H16FN5O2/c1-2-28-16-6-4-3-5-14(16)22(21(28)29)15(11-24)19(25)30-20-17(22)18(26-27-20)12-7-9-13(23)10-8-12/h3-10H,2,25H2,1H3,(H,26,27)/t22-/m1/s1. The van der Waals surface area contributed by atoms with Crippen molar-refractivity contribution in [2.45, 2.75) is 12.3 Å². The largest absolute Gasteiger partial charge is 0.420 e. The molecule has 2 aliphatic rings. The lowest BCUT2D eigenvalue weighted by Crippen LogP contribution is -2.45. The summed E-state index contributed by atoms with van der Waals surface area (Å²) in [7, 11) is 0. The number of nitriles is 1. The van der Waals surface area contributed by atoms with E-state index in [1.165, 1.54) is 12.1 Å². The molecule has 0 unspecified atom stereocenters. The molecule has 8 heteroatoms. The van der Waals surface area contributed by atoms with E-state index < -0.39 is 5.41 Å². The van der Waals surface area contributed by atoms with Gasteiger partial charge in [0.05, 0.1) is 11.3 Å². The van der Waals surface area contributed by atoms with Crippen LogP contribution in [-0.4, -0.2) is 22.6 Å². The zero-order valence-electron chi connectivity index (χ0n) is 15.9. The van der Waals surface area contributed by atoms with Crippen LogP contribution in [0.25, 0.3) is 11.3 Å². The number of benzene rings is 2. The Hall–Kier alpha value is -4.12. The normalized spacial score (nSPS) is 19.5. The fraction of sp³-hybridized carbons (Fsp3) is 0.136. The van der Waals surface area contributed by atoms with E-state index in [-0.39, 0.29) is 29.1 Å². The Balaban J connectivity index is 1.90. The zero-order chi connectivity index (χ0) is 21.0. The molecule has 0 aliphatic carbocycles. The van der Waals surface area contributed by atoms with Crippen LogP contribution in [0.5, 0.6) is 5.88 Å². The van der Waals surface area contributed by atoms with Crippen molar-refractivity contribution in [1.29, 1.82) is 5.26 Å². The van der Waals surface area contributed by atoms with Crippen molar-refractivity contribution in [3.05, 3.63) is 76.9 Å². The maximum absolute atomic E-state index is 13.9. The van der Waals surface area contributed by atoms with E-state index in [1.54, 1.807) is 17.0 Å². The van der Waals surface area contributed by atoms with E-state index >= 15 is 0 Å². The summed E-state index contributed by atoms with van der Waals surface area (Å²) >= 11 is 0. The highest BCUT2D eigenvalue weighted by atomic mass is 19.1. The van der Waals surface area contributed by atoms with Crippen molar-refractivity contribution in [3.8, 4) is 23.2 Å². The summed E-state index contributed by atoms with van der Waals surface area (Å²) < 4.78 is 19.1. The molecule has 30 heavy (non-hydrogen) atoms. The van der Waals surface area contributed by atoms with E-state index in [1.807, 2.05) is 31.2 Å². The number of halogens is 1. The number of hydrogen-bond acceptors (Lipinski definition) is 5. The molecule has 1 atom stereocenters. The fourth-order valence-electron chi connectivity index (χ4n) is 4.43. The van der Waals surface area contributed by atoms with Crippen LogP contribution in [-0.2, 0) is 10.2 Å². The number of H-pyrrole nitrogens is 1. The molecule has 5 rings (SSSR count). The maximum Gasteiger partial charge on any atom is 0.247 e. The van der Waals surface area contributed by atoms with Gasteiger partial charge in [-0.15, -0.1) is 5.10 Å². The SMILES string of the molecule is CCN1C(=O)[C@@]2(C(C#N)=C(N)Oc3n[nH]c(-c4ccc(F)cc4)c32)c2ccccc21. The van der Waals surface area contributed by atoms with Gasteiger partial charge in [0.1, 0.15) is 22.9 Å². The number of rotatable bonds is 2. The molecule has 3 aromatic rings. The molecule has 0 fully saturated rings. The van der Waals surface area contributed by atoms with Crippen molar-refractivity contribution in [3.63, 3.8) is 0 Å². The average Bonchev–Trinajstić information content (AvgIpc) is 3.27. The van der Waals surface area contributed by atoms with Crippen LogP contribution >= 0.6 is 0 Å². The van der Waals surface area contributed by atoms with Crippen LogP contribution < -0.4 is 15.4 Å². The number of para-hydroxylation sites is 1. The minimum Gasteiger partial charge on any atom is -0.420 e. The maximum atomic E-state index is 13.9. The summed E-state index contributed by atoms with van der Waals surface area (Å²) in [5.41, 5.74) is 7.39. The lowest BCUT2D eigenvalue weighted by Gasteiger charge is -2.32. The molecule has 0 radical (unpaired) electrons. The first-order valence-corrected chi connectivity index (χ1v) is 9.38. The first-order valence-electron chi connectivity index (χ1n) is 9.38. The molecular formula is C22H16FN5O2. The van der Waals surface area contributed by atoms with Gasteiger partial charge in [-0.05, 0) is 37.3 Å². The fourth-order valence-corrected chi connectivity index (χ4v) is 4.43. The Labute approximate surface area is 171 Å². The molecule has 0 bridgehead atoms. The van der Waals surface area contributed by atoms with Crippen LogP contribution in [0.4, 0.5) is 10.1 Å². The van der Waals surface area contributed by atoms with Gasteiger partial charge in [0, 0.05) is 23.4 Å². The number of aromatic amines is 1. The Bertz CT molecular complexity index is 1270. The predicted octanol–water partition coefficient (Wildman–Crippen LogP) is 2.95. The summed E-state index contributed by atoms with van der Waals surface area (Å²) in [6.45, 7) is 2.28. The molecule has 7 nitrogen and oxygen atoms in total. The number of amides is 1. The van der Waals surface area contributed by atoms with E-state index in [0.717, 1.165) is 0 Å². The molecule has 148 valence electrons. The summed E-state index contributed by atoms with van der Waals surface area (Å²) in [5.74, 6) is -0.741. The summed E-state index contributed by atoms with van der Waals surface area (Å²) in [6, 6.07) is 15.2.